The average molecular weight is 874 g/mol. The Kier molecular flexibility index (Phi) is 19.5. The maximum absolute atomic E-state index is 13.5. The number of benzene rings is 1. The SMILES string of the molecule is COOC=N[C@H](C(=O)N1CCC[C@H]1c1nc2nc(C#Cc3ccc(-c4cnc([C@@H]5CCCN5C(=O)[C@@H](NC(=O)OC)C(C)C)[nH]4)cc3)ccc2[nH]1)C(C)C.S.S.S.S. The van der Waals surface area contributed by atoms with E-state index in [1.54, 1.807) is 11.1 Å². The van der Waals surface area contributed by atoms with Gasteiger partial charge in [-0.15, -0.1) is 0 Å². The number of alkyl carbamates (subject to hydrolysis) is 1. The molecule has 0 aliphatic carbocycles. The van der Waals surface area contributed by atoms with Gasteiger partial charge in [0.25, 0.3) is 0 Å². The van der Waals surface area contributed by atoms with Crippen molar-refractivity contribution in [2.24, 2.45) is 16.8 Å². The van der Waals surface area contributed by atoms with Gasteiger partial charge in [-0.3, -0.25) is 9.59 Å². The lowest BCUT2D eigenvalue weighted by molar-refractivity contribution is -0.188. The van der Waals surface area contributed by atoms with E-state index in [1.807, 2.05) is 69.0 Å². The monoisotopic (exact) mass is 873 g/mol. The zero-order valence-electron chi connectivity index (χ0n) is 33.5. The normalized spacial score (nSPS) is 17.0. The van der Waals surface area contributed by atoms with Gasteiger partial charge in [-0.1, -0.05) is 45.7 Å². The topological polar surface area (TPSA) is 180 Å². The molecule has 2 fully saturated rings. The number of methoxy groups -OCH3 is 1. The molecule has 58 heavy (non-hydrogen) atoms. The zero-order chi connectivity index (χ0) is 38.4. The Balaban J connectivity index is 0.00000290. The standard InChI is InChI=1S/C39H47N9O6.4H2S/c1-23(2)32(41-22-54-53-6)37(49)48-20-8-10-31(48)36-43-28-18-17-27(42-34(28)46-36)16-13-25-11-14-26(15-12-25)29-21-40-35(44-29)30-9-7-19-47(30)38(50)33(24(3)4)45-39(51)52-5;;;;/h11-12,14-15,17-18,21-24,30-33H,7-10,19-20H2,1-6H3,(H,40,44)(H,45,51)(H,42,43,46);4*1H2/t30-,31-,32-,33-;;;;/m0..../s1. The van der Waals surface area contributed by atoms with E-state index in [-0.39, 0.29) is 89.7 Å². The second-order valence-electron chi connectivity index (χ2n) is 14.1. The number of aromatic amines is 2. The van der Waals surface area contributed by atoms with Crippen LogP contribution in [-0.2, 0) is 24.1 Å². The van der Waals surface area contributed by atoms with Gasteiger partial charge >= 0.3 is 6.09 Å². The van der Waals surface area contributed by atoms with Gasteiger partial charge in [-0.2, -0.15) is 58.9 Å². The van der Waals surface area contributed by atoms with Crippen LogP contribution < -0.4 is 5.32 Å². The van der Waals surface area contributed by atoms with Crippen LogP contribution in [0, 0.1) is 23.7 Å². The summed E-state index contributed by atoms with van der Waals surface area (Å²) in [7, 11) is 2.67. The van der Waals surface area contributed by atoms with E-state index >= 15 is 0 Å². The van der Waals surface area contributed by atoms with Crippen molar-refractivity contribution < 1.29 is 28.9 Å². The van der Waals surface area contributed by atoms with Crippen molar-refractivity contribution in [1.29, 1.82) is 0 Å². The Labute approximate surface area is 367 Å². The first-order chi connectivity index (χ1) is 26.1. The van der Waals surface area contributed by atoms with Gasteiger partial charge in [0.1, 0.15) is 29.4 Å². The summed E-state index contributed by atoms with van der Waals surface area (Å²) < 4.78 is 4.74. The number of amides is 3. The van der Waals surface area contributed by atoms with Gasteiger partial charge in [0.05, 0.1) is 43.7 Å². The Bertz CT molecular complexity index is 2060. The number of ether oxygens (including phenoxy) is 1. The van der Waals surface area contributed by atoms with Crippen LogP contribution >= 0.6 is 54.0 Å². The Morgan fingerprint density at radius 3 is 2.12 bits per heavy atom. The minimum Gasteiger partial charge on any atom is -0.453 e. The lowest BCUT2D eigenvalue weighted by atomic mass is 10.0. The first-order valence-electron chi connectivity index (χ1n) is 18.3. The van der Waals surface area contributed by atoms with Gasteiger partial charge in [-0.25, -0.2) is 24.7 Å². The Hall–Kier alpha value is -4.35. The number of rotatable bonds is 11. The van der Waals surface area contributed by atoms with E-state index in [4.69, 9.17) is 14.6 Å². The summed E-state index contributed by atoms with van der Waals surface area (Å²) in [6.07, 6.45) is 5.56. The van der Waals surface area contributed by atoms with E-state index in [2.05, 4.69) is 47.0 Å². The largest absolute Gasteiger partial charge is 0.453 e. The number of nitrogens with one attached hydrogen (secondary N) is 3. The number of H-pyrrole nitrogens is 2. The third-order valence-electron chi connectivity index (χ3n) is 9.83. The quantitative estimate of drug-likeness (QED) is 0.0574. The van der Waals surface area contributed by atoms with E-state index in [1.165, 1.54) is 20.6 Å². The number of imidazole rings is 2. The molecule has 0 spiro atoms. The van der Waals surface area contributed by atoms with Crippen LogP contribution in [0.1, 0.15) is 88.4 Å². The summed E-state index contributed by atoms with van der Waals surface area (Å²) in [5.74, 6) is 7.37. The molecule has 2 aliphatic heterocycles. The molecule has 316 valence electrons. The maximum atomic E-state index is 13.5. The lowest BCUT2D eigenvalue weighted by Gasteiger charge is -2.30. The number of hydrogen-bond donors (Lipinski definition) is 3. The molecule has 15 nitrogen and oxygen atoms in total. The van der Waals surface area contributed by atoms with Gasteiger partial charge in [-0.05, 0) is 73.3 Å². The number of carbonyl (C=O) groups excluding carboxylic acids is 3. The molecule has 6 rings (SSSR count). The number of pyridine rings is 1. The van der Waals surface area contributed by atoms with Crippen LogP contribution in [-0.4, -0.2) is 98.4 Å². The molecule has 1 aromatic carbocycles. The van der Waals surface area contributed by atoms with Crippen LogP contribution in [0.5, 0.6) is 0 Å². The molecule has 19 heteroatoms. The summed E-state index contributed by atoms with van der Waals surface area (Å²) in [5.41, 5.74) is 4.45. The van der Waals surface area contributed by atoms with E-state index in [9.17, 15) is 14.4 Å². The van der Waals surface area contributed by atoms with Crippen molar-refractivity contribution in [3.05, 3.63) is 65.5 Å². The number of hydrogen-bond acceptors (Lipinski definition) is 10. The summed E-state index contributed by atoms with van der Waals surface area (Å²) in [6, 6.07) is 9.85. The first kappa shape index (κ1) is 49.8. The molecule has 2 aliphatic rings. The molecule has 3 amide bonds. The fraction of sp³-hybridized carbons (Fsp3) is 0.462. The second-order valence-corrected chi connectivity index (χ2v) is 14.1. The highest BCUT2D eigenvalue weighted by Crippen LogP contribution is 2.34. The number of aromatic nitrogens is 5. The predicted octanol–water partition coefficient (Wildman–Crippen LogP) is 5.54. The van der Waals surface area contributed by atoms with Crippen molar-refractivity contribution in [2.45, 2.75) is 77.5 Å². The lowest BCUT2D eigenvalue weighted by Crippen LogP contribution is -2.51. The smallest absolute Gasteiger partial charge is 0.407 e. The van der Waals surface area contributed by atoms with Gasteiger partial charge in [0.2, 0.25) is 18.2 Å². The van der Waals surface area contributed by atoms with E-state index < -0.39 is 18.2 Å². The summed E-state index contributed by atoms with van der Waals surface area (Å²) >= 11 is 0. The average Bonchev–Trinajstić information content (AvgIpc) is 4.00. The zero-order valence-corrected chi connectivity index (χ0v) is 37.5. The molecule has 4 atom stereocenters. The number of likely N-dealkylation sites (tertiary alicyclic amines) is 2. The Morgan fingerprint density at radius 2 is 1.50 bits per heavy atom. The molecule has 0 saturated carbocycles. The number of nitrogens with zero attached hydrogens (tertiary/aromatic N) is 6. The maximum Gasteiger partial charge on any atom is 0.407 e. The number of carbonyl (C=O) groups is 3. The van der Waals surface area contributed by atoms with Crippen molar-refractivity contribution in [2.75, 3.05) is 27.3 Å². The predicted molar refractivity (Wildman–Crippen MR) is 242 cm³/mol. The highest BCUT2D eigenvalue weighted by atomic mass is 32.1. The van der Waals surface area contributed by atoms with Crippen molar-refractivity contribution in [1.82, 2.24) is 40.0 Å². The summed E-state index contributed by atoms with van der Waals surface area (Å²) in [5, 5.41) is 2.68. The van der Waals surface area contributed by atoms with Crippen LogP contribution in [0.4, 0.5) is 4.79 Å². The van der Waals surface area contributed by atoms with Crippen molar-refractivity contribution in [3.8, 4) is 23.1 Å². The minimum atomic E-state index is -0.693. The molecule has 0 bridgehead atoms. The fourth-order valence-electron chi connectivity index (χ4n) is 6.99. The fourth-order valence-corrected chi connectivity index (χ4v) is 6.99. The Morgan fingerprint density at radius 1 is 0.845 bits per heavy atom. The summed E-state index contributed by atoms with van der Waals surface area (Å²) in [4.78, 5) is 77.1. The number of aliphatic imine (C=N–C) groups is 1. The second kappa shape index (κ2) is 22.7. The molecule has 4 aromatic rings. The molecule has 3 N–H and O–H groups in total. The third kappa shape index (κ3) is 11.4. The highest BCUT2D eigenvalue weighted by Gasteiger charge is 2.38. The molecular formula is C39H55N9O6S4. The molecule has 5 heterocycles. The number of fused-ring (bicyclic) bond motifs is 1. The molecular weight excluding hydrogens is 819 g/mol. The van der Waals surface area contributed by atoms with Crippen LogP contribution in [0.25, 0.3) is 22.4 Å². The molecule has 0 unspecified atom stereocenters. The van der Waals surface area contributed by atoms with Gasteiger partial charge in [0.15, 0.2) is 5.65 Å². The van der Waals surface area contributed by atoms with Crippen LogP contribution in [0.3, 0.4) is 0 Å². The van der Waals surface area contributed by atoms with E-state index in [0.717, 1.165) is 48.0 Å². The molecule has 0 radical (unpaired) electrons. The minimum absolute atomic E-state index is 0. The highest BCUT2D eigenvalue weighted by molar-refractivity contribution is 7.59. The van der Waals surface area contributed by atoms with Crippen LogP contribution in [0.2, 0.25) is 0 Å². The molecule has 2 saturated heterocycles. The third-order valence-corrected chi connectivity index (χ3v) is 9.83. The van der Waals surface area contributed by atoms with Gasteiger partial charge in [0, 0.05) is 18.7 Å². The van der Waals surface area contributed by atoms with E-state index in [0.29, 0.717) is 36.1 Å². The first-order valence-corrected chi connectivity index (χ1v) is 18.3. The molecule has 3 aromatic heterocycles. The van der Waals surface area contributed by atoms with Gasteiger partial charge < -0.3 is 34.7 Å². The van der Waals surface area contributed by atoms with Crippen LogP contribution in [0.15, 0.2) is 47.6 Å². The van der Waals surface area contributed by atoms with Crippen molar-refractivity contribution >= 4 is 89.5 Å². The van der Waals surface area contributed by atoms with Crippen molar-refractivity contribution in [3.63, 3.8) is 0 Å². The summed E-state index contributed by atoms with van der Waals surface area (Å²) in [6.45, 7) is 8.89.